The Bertz CT molecular complexity index is 498. The van der Waals surface area contributed by atoms with E-state index >= 15 is 0 Å². The zero-order valence-corrected chi connectivity index (χ0v) is 19.8. The van der Waals surface area contributed by atoms with Gasteiger partial charge in [-0.25, -0.2) is 0 Å². The van der Waals surface area contributed by atoms with E-state index < -0.39 is 0 Å². The van der Waals surface area contributed by atoms with Gasteiger partial charge in [-0.1, -0.05) is 0 Å². The van der Waals surface area contributed by atoms with Crippen LogP contribution in [-0.4, -0.2) is 10.3 Å². The first-order valence-corrected chi connectivity index (χ1v) is 10.4. The van der Waals surface area contributed by atoms with Gasteiger partial charge in [0.1, 0.15) is 0 Å². The summed E-state index contributed by atoms with van der Waals surface area (Å²) >= 11 is 1.23. The van der Waals surface area contributed by atoms with Gasteiger partial charge in [-0.3, -0.25) is 0 Å². The van der Waals surface area contributed by atoms with Gasteiger partial charge < -0.3 is 0 Å². The number of rotatable bonds is 1. The summed E-state index contributed by atoms with van der Waals surface area (Å²) in [6, 6.07) is 8.97. The predicted octanol–water partition coefficient (Wildman–Crippen LogP) is 6.55. The number of benzene rings is 1. The maximum Gasteiger partial charge on any atom is -0.147 e. The molecule has 1 unspecified atom stereocenters. The molecule has 0 bridgehead atoms. The molecule has 1 aromatic rings. The maximum atomic E-state index is 2.51. The van der Waals surface area contributed by atoms with Gasteiger partial charge in [0, 0.05) is 0 Å². The van der Waals surface area contributed by atoms with Crippen molar-refractivity contribution in [3.63, 3.8) is 0 Å². The average molecular weight is 511 g/mol. The second-order valence-corrected chi connectivity index (χ2v) is 13.3. The Balaban J connectivity index is 0.00000200. The molecular weight excluding hydrogens is 485 g/mol. The normalized spacial score (nSPS) is 17.6. The third-order valence-electron chi connectivity index (χ3n) is 3.51. The van der Waals surface area contributed by atoms with Crippen molar-refractivity contribution >= 4 is 38.8 Å². The van der Waals surface area contributed by atoms with Crippen LogP contribution < -0.4 is 0 Å². The molecule has 1 aromatic carbocycles. The molecule has 0 N–H and O–H groups in total. The molecule has 0 fully saturated rings. The second kappa shape index (κ2) is 7.61. The largest absolute Gasteiger partial charge is 0.147 e. The number of allylic oxidation sites excluding steroid dienone is 1. The van der Waals surface area contributed by atoms with Crippen molar-refractivity contribution in [2.45, 2.75) is 55.5 Å². The van der Waals surface area contributed by atoms with Crippen molar-refractivity contribution in [2.75, 3.05) is 0 Å². The number of hydrogen-bond donors (Lipinski definition) is 0. The summed E-state index contributed by atoms with van der Waals surface area (Å²) in [5, 5.41) is 2.50. The minimum absolute atomic E-state index is 0. The topological polar surface area (TPSA) is 0 Å². The fourth-order valence-corrected chi connectivity index (χ4v) is 10.1. The minimum atomic E-state index is -0.134. The summed E-state index contributed by atoms with van der Waals surface area (Å²) < 4.78 is 0.723. The monoisotopic (exact) mass is 511 g/mol. The Kier molecular flexibility index (Phi) is 7.91. The summed E-state index contributed by atoms with van der Waals surface area (Å²) in [5.74, 6) is 0. The van der Waals surface area contributed by atoms with Gasteiger partial charge in [-0.15, -0.1) is 24.8 Å². The number of hydrogen-bond acceptors (Lipinski definition) is 0. The molecule has 0 saturated heterocycles. The van der Waals surface area contributed by atoms with Gasteiger partial charge >= 0.3 is 135 Å². The minimum Gasteiger partial charge on any atom is -0.147 e. The Morgan fingerprint density at radius 3 is 1.81 bits per heavy atom. The standard InChI is InChI=1S/C17H24P.2ClH.Hf/c1-16(2,3)18(17(4,5)6)15-11-13-9-7-8-10-14(13)12-15;;;/h7-12H,1-6H3;2*1H;. The molecule has 1 aliphatic rings. The van der Waals surface area contributed by atoms with Crippen LogP contribution in [0.2, 0.25) is 0 Å². The van der Waals surface area contributed by atoms with Gasteiger partial charge in [-0.05, 0) is 0 Å². The smallest absolute Gasteiger partial charge is 0.147 e. The van der Waals surface area contributed by atoms with Crippen LogP contribution in [0, 0.1) is 0 Å². The molecule has 0 spiro atoms. The van der Waals surface area contributed by atoms with Crippen LogP contribution in [0.3, 0.4) is 0 Å². The molecular formula is C17H26Cl2HfP. The third-order valence-corrected chi connectivity index (χ3v) is 10.2. The first-order chi connectivity index (χ1) is 8.62. The Morgan fingerprint density at radius 1 is 0.905 bits per heavy atom. The molecule has 0 aliphatic heterocycles. The van der Waals surface area contributed by atoms with Gasteiger partial charge in [0.15, 0.2) is 0 Å². The summed E-state index contributed by atoms with van der Waals surface area (Å²) in [5.41, 5.74) is 3.05. The first-order valence-electron chi connectivity index (χ1n) is 6.94. The first kappa shape index (κ1) is 21.8. The SMILES string of the molecule is CC(C)(C)P(C1=Cc2ccccc2[CH]1[Hf])C(C)(C)C.Cl.Cl. The van der Waals surface area contributed by atoms with Gasteiger partial charge in [0.25, 0.3) is 0 Å². The summed E-state index contributed by atoms with van der Waals surface area (Å²) in [7, 11) is -0.134. The van der Waals surface area contributed by atoms with Crippen LogP contribution >= 0.6 is 32.7 Å². The molecule has 0 saturated carbocycles. The fraction of sp³-hybridized carbons (Fsp3) is 0.529. The second-order valence-electron chi connectivity index (χ2n) is 7.31. The average Bonchev–Trinajstić information content (AvgIpc) is 2.53. The van der Waals surface area contributed by atoms with Crippen molar-refractivity contribution in [3.05, 3.63) is 40.7 Å². The third kappa shape index (κ3) is 4.66. The van der Waals surface area contributed by atoms with Crippen LogP contribution in [0.4, 0.5) is 0 Å². The van der Waals surface area contributed by atoms with Crippen molar-refractivity contribution in [3.8, 4) is 0 Å². The van der Waals surface area contributed by atoms with E-state index in [0.717, 1.165) is 3.67 Å². The van der Waals surface area contributed by atoms with E-state index in [1.807, 2.05) is 0 Å². The van der Waals surface area contributed by atoms with Crippen molar-refractivity contribution in [1.29, 1.82) is 0 Å². The molecule has 0 radical (unpaired) electrons. The van der Waals surface area contributed by atoms with Crippen LogP contribution in [-0.2, 0) is 24.4 Å². The zero-order valence-electron chi connectivity index (χ0n) is 13.7. The molecule has 0 nitrogen and oxygen atoms in total. The summed E-state index contributed by atoms with van der Waals surface area (Å²) in [6.07, 6.45) is 2.51. The van der Waals surface area contributed by atoms with Gasteiger partial charge in [-0.2, -0.15) is 0 Å². The van der Waals surface area contributed by atoms with Crippen LogP contribution in [0.25, 0.3) is 6.08 Å². The molecule has 21 heavy (non-hydrogen) atoms. The van der Waals surface area contributed by atoms with E-state index in [9.17, 15) is 0 Å². The van der Waals surface area contributed by atoms with Crippen molar-refractivity contribution in [1.82, 2.24) is 0 Å². The van der Waals surface area contributed by atoms with E-state index in [-0.39, 0.29) is 32.7 Å². The molecule has 1 aliphatic carbocycles. The van der Waals surface area contributed by atoms with E-state index in [2.05, 4.69) is 71.9 Å². The Morgan fingerprint density at radius 2 is 1.38 bits per heavy atom. The molecule has 117 valence electrons. The number of fused-ring (bicyclic) bond motifs is 1. The van der Waals surface area contributed by atoms with Crippen LogP contribution in [0.15, 0.2) is 29.6 Å². The van der Waals surface area contributed by atoms with E-state index in [4.69, 9.17) is 0 Å². The van der Waals surface area contributed by atoms with Crippen LogP contribution in [0.5, 0.6) is 0 Å². The van der Waals surface area contributed by atoms with Crippen molar-refractivity contribution < 1.29 is 24.4 Å². The molecule has 0 heterocycles. The fourth-order valence-electron chi connectivity index (χ4n) is 3.28. The Labute approximate surface area is 158 Å². The summed E-state index contributed by atoms with van der Waals surface area (Å²) in [4.78, 5) is 0. The molecule has 0 amide bonds. The number of halogens is 2. The van der Waals surface area contributed by atoms with E-state index in [1.54, 1.807) is 10.9 Å². The van der Waals surface area contributed by atoms with E-state index in [0.29, 0.717) is 10.3 Å². The van der Waals surface area contributed by atoms with Gasteiger partial charge in [0.2, 0.25) is 0 Å². The van der Waals surface area contributed by atoms with Gasteiger partial charge in [0.05, 0.1) is 0 Å². The summed E-state index contributed by atoms with van der Waals surface area (Å²) in [6.45, 7) is 14.5. The molecule has 4 heteroatoms. The molecule has 2 rings (SSSR count). The molecule has 1 atom stereocenters. The molecule has 0 aromatic heterocycles. The maximum absolute atomic E-state index is 2.51. The van der Waals surface area contributed by atoms with E-state index in [1.165, 1.54) is 29.9 Å². The zero-order chi connectivity index (χ0) is 14.4. The van der Waals surface area contributed by atoms with Crippen LogP contribution in [0.1, 0.15) is 56.3 Å². The predicted molar refractivity (Wildman–Crippen MR) is 98.1 cm³/mol. The Hall–Kier alpha value is 0.840. The quantitative estimate of drug-likeness (QED) is 0.297. The van der Waals surface area contributed by atoms with Crippen molar-refractivity contribution in [2.24, 2.45) is 0 Å².